The summed E-state index contributed by atoms with van der Waals surface area (Å²) in [5.74, 6) is 0.258. The van der Waals surface area contributed by atoms with E-state index >= 15 is 0 Å². The number of fused-ring (bicyclic) bond motifs is 1. The Balaban J connectivity index is 1.54. The topological polar surface area (TPSA) is 41.8 Å². The summed E-state index contributed by atoms with van der Waals surface area (Å²) in [6.07, 6.45) is 1.89. The third kappa shape index (κ3) is 3.49. The molecule has 152 valence electrons. The van der Waals surface area contributed by atoms with Crippen molar-refractivity contribution >= 4 is 34.4 Å². The van der Waals surface area contributed by atoms with Crippen LogP contribution in [0.5, 0.6) is 0 Å². The van der Waals surface area contributed by atoms with Crippen LogP contribution in [-0.2, 0) is 4.74 Å². The van der Waals surface area contributed by atoms with Gasteiger partial charge in [-0.15, -0.1) is 0 Å². The molecule has 3 heterocycles. The first-order valence-electron chi connectivity index (χ1n) is 9.82. The molecular formula is C23H20ClFN4O. The molecule has 0 aliphatic carbocycles. The molecule has 0 spiro atoms. The minimum Gasteiger partial charge on any atom is -0.378 e. The fourth-order valence-electron chi connectivity index (χ4n) is 3.73. The van der Waals surface area contributed by atoms with Gasteiger partial charge in [0.15, 0.2) is 0 Å². The second-order valence-electron chi connectivity index (χ2n) is 7.11. The molecule has 2 aromatic carbocycles. The first kappa shape index (κ1) is 18.9. The molecule has 1 N–H and O–H groups in total. The Morgan fingerprint density at radius 1 is 0.967 bits per heavy atom. The maximum atomic E-state index is 14.7. The number of hydrogen-bond acceptors (Lipinski definition) is 4. The molecule has 1 saturated heterocycles. The Bertz CT molecular complexity index is 1170. The number of imidazole rings is 1. The first-order chi connectivity index (χ1) is 14.7. The monoisotopic (exact) mass is 422 g/mol. The van der Waals surface area contributed by atoms with Crippen LogP contribution >= 0.6 is 11.6 Å². The van der Waals surface area contributed by atoms with E-state index in [1.807, 2.05) is 40.9 Å². The van der Waals surface area contributed by atoms with Gasteiger partial charge in [0.1, 0.15) is 23.0 Å². The van der Waals surface area contributed by atoms with Gasteiger partial charge in [-0.1, -0.05) is 23.7 Å². The molecule has 0 unspecified atom stereocenters. The molecule has 0 amide bonds. The van der Waals surface area contributed by atoms with Gasteiger partial charge < -0.3 is 15.0 Å². The van der Waals surface area contributed by atoms with E-state index in [4.69, 9.17) is 16.3 Å². The smallest absolute Gasteiger partial charge is 0.143 e. The summed E-state index contributed by atoms with van der Waals surface area (Å²) in [6, 6.07) is 18.5. The lowest BCUT2D eigenvalue weighted by atomic mass is 10.1. The number of benzene rings is 2. The number of anilines is 3. The molecule has 7 heteroatoms. The van der Waals surface area contributed by atoms with Crippen molar-refractivity contribution in [2.75, 3.05) is 36.5 Å². The average molecular weight is 423 g/mol. The molecule has 0 saturated carbocycles. The van der Waals surface area contributed by atoms with Gasteiger partial charge in [-0.2, -0.15) is 0 Å². The number of nitrogens with one attached hydrogen (secondary N) is 1. The largest absolute Gasteiger partial charge is 0.378 e. The predicted molar refractivity (Wildman–Crippen MR) is 118 cm³/mol. The molecule has 2 aromatic heterocycles. The highest BCUT2D eigenvalue weighted by atomic mass is 35.5. The molecule has 1 aliphatic rings. The van der Waals surface area contributed by atoms with Gasteiger partial charge in [0.25, 0.3) is 0 Å². The van der Waals surface area contributed by atoms with Crippen LogP contribution in [0.4, 0.5) is 21.6 Å². The molecule has 1 aliphatic heterocycles. The standard InChI is InChI=1S/C23H20ClFN4O/c24-18-4-3-5-19(25)21(18)22-23(29-11-2-1-6-20(29)27-22)26-16-7-9-17(10-8-16)28-12-14-30-15-13-28/h1-11,26H,12-15H2. The van der Waals surface area contributed by atoms with Crippen LogP contribution in [0.3, 0.4) is 0 Å². The lowest BCUT2D eigenvalue weighted by Crippen LogP contribution is -2.36. The van der Waals surface area contributed by atoms with Crippen molar-refractivity contribution in [1.82, 2.24) is 9.38 Å². The first-order valence-corrected chi connectivity index (χ1v) is 10.2. The SMILES string of the molecule is Fc1cccc(Cl)c1-c1nc2ccccn2c1Nc1ccc(N2CCOCC2)cc1. The number of nitrogens with zero attached hydrogens (tertiary/aromatic N) is 3. The Hall–Kier alpha value is -3.09. The number of aromatic nitrogens is 2. The van der Waals surface area contributed by atoms with Gasteiger partial charge in [0.2, 0.25) is 0 Å². The predicted octanol–water partition coefficient (Wildman–Crippen LogP) is 5.37. The van der Waals surface area contributed by atoms with Crippen molar-refractivity contribution < 1.29 is 9.13 Å². The zero-order chi connectivity index (χ0) is 20.5. The van der Waals surface area contributed by atoms with E-state index in [0.29, 0.717) is 22.2 Å². The van der Waals surface area contributed by atoms with Crippen LogP contribution in [0.1, 0.15) is 0 Å². The van der Waals surface area contributed by atoms with Crippen LogP contribution in [0.2, 0.25) is 5.02 Å². The summed E-state index contributed by atoms with van der Waals surface area (Å²) >= 11 is 6.34. The summed E-state index contributed by atoms with van der Waals surface area (Å²) < 4.78 is 22.0. The van der Waals surface area contributed by atoms with Crippen LogP contribution in [-0.4, -0.2) is 35.7 Å². The van der Waals surface area contributed by atoms with Crippen molar-refractivity contribution in [3.8, 4) is 11.3 Å². The van der Waals surface area contributed by atoms with E-state index in [1.54, 1.807) is 12.1 Å². The highest BCUT2D eigenvalue weighted by molar-refractivity contribution is 6.33. The lowest BCUT2D eigenvalue weighted by molar-refractivity contribution is 0.122. The number of hydrogen-bond donors (Lipinski definition) is 1. The molecule has 0 atom stereocenters. The third-order valence-corrected chi connectivity index (χ3v) is 5.55. The summed E-state index contributed by atoms with van der Waals surface area (Å²) in [7, 11) is 0. The summed E-state index contributed by atoms with van der Waals surface area (Å²) in [5.41, 5.74) is 3.50. The van der Waals surface area contributed by atoms with Crippen LogP contribution < -0.4 is 10.2 Å². The van der Waals surface area contributed by atoms with Gasteiger partial charge in [0.05, 0.1) is 23.8 Å². The molecule has 5 nitrogen and oxygen atoms in total. The van der Waals surface area contributed by atoms with E-state index in [-0.39, 0.29) is 5.56 Å². The highest BCUT2D eigenvalue weighted by Gasteiger charge is 2.20. The molecule has 4 aromatic rings. The van der Waals surface area contributed by atoms with Gasteiger partial charge in [0, 0.05) is 30.7 Å². The maximum Gasteiger partial charge on any atom is 0.143 e. The maximum absolute atomic E-state index is 14.7. The van der Waals surface area contributed by atoms with E-state index in [2.05, 4.69) is 27.3 Å². The summed E-state index contributed by atoms with van der Waals surface area (Å²) in [5, 5.41) is 3.73. The van der Waals surface area contributed by atoms with E-state index in [0.717, 1.165) is 37.7 Å². The van der Waals surface area contributed by atoms with Gasteiger partial charge in [-0.3, -0.25) is 4.40 Å². The van der Waals surface area contributed by atoms with Gasteiger partial charge in [-0.25, -0.2) is 9.37 Å². The summed E-state index contributed by atoms with van der Waals surface area (Å²) in [6.45, 7) is 3.26. The Labute approximate surface area is 178 Å². The van der Waals surface area contributed by atoms with E-state index < -0.39 is 5.82 Å². The van der Waals surface area contributed by atoms with Crippen molar-refractivity contribution in [3.05, 3.63) is 77.7 Å². The van der Waals surface area contributed by atoms with E-state index in [9.17, 15) is 4.39 Å². The van der Waals surface area contributed by atoms with E-state index in [1.165, 1.54) is 6.07 Å². The molecule has 0 radical (unpaired) electrons. The molecule has 30 heavy (non-hydrogen) atoms. The Morgan fingerprint density at radius 2 is 1.77 bits per heavy atom. The van der Waals surface area contributed by atoms with Gasteiger partial charge in [-0.05, 0) is 48.5 Å². The minimum absolute atomic E-state index is 0.287. The molecular weight excluding hydrogens is 403 g/mol. The number of pyridine rings is 1. The second kappa shape index (κ2) is 7.97. The van der Waals surface area contributed by atoms with Crippen molar-refractivity contribution in [3.63, 3.8) is 0 Å². The van der Waals surface area contributed by atoms with Crippen LogP contribution in [0.15, 0.2) is 66.9 Å². The molecule has 5 rings (SSSR count). The average Bonchev–Trinajstić information content (AvgIpc) is 3.13. The number of morpholine rings is 1. The number of halogens is 2. The zero-order valence-corrected chi connectivity index (χ0v) is 16.9. The Morgan fingerprint density at radius 3 is 2.53 bits per heavy atom. The third-order valence-electron chi connectivity index (χ3n) is 5.24. The highest BCUT2D eigenvalue weighted by Crippen LogP contribution is 2.37. The van der Waals surface area contributed by atoms with Gasteiger partial charge >= 0.3 is 0 Å². The van der Waals surface area contributed by atoms with Crippen LogP contribution in [0.25, 0.3) is 16.9 Å². The van der Waals surface area contributed by atoms with Crippen LogP contribution in [0, 0.1) is 5.82 Å². The normalized spacial score (nSPS) is 14.3. The van der Waals surface area contributed by atoms with Crippen molar-refractivity contribution in [2.24, 2.45) is 0 Å². The second-order valence-corrected chi connectivity index (χ2v) is 7.51. The summed E-state index contributed by atoms with van der Waals surface area (Å²) in [4.78, 5) is 6.94. The molecule has 0 bridgehead atoms. The minimum atomic E-state index is -0.406. The molecule has 1 fully saturated rings. The quantitative estimate of drug-likeness (QED) is 0.480. The Kier molecular flexibility index (Phi) is 5.02. The fraction of sp³-hybridized carbons (Fsp3) is 0.174. The number of rotatable bonds is 4. The fourth-order valence-corrected chi connectivity index (χ4v) is 3.98. The lowest BCUT2D eigenvalue weighted by Gasteiger charge is -2.29. The number of ether oxygens (including phenoxy) is 1. The van der Waals surface area contributed by atoms with Crippen molar-refractivity contribution in [1.29, 1.82) is 0 Å². The zero-order valence-electron chi connectivity index (χ0n) is 16.2. The van der Waals surface area contributed by atoms with Crippen molar-refractivity contribution in [2.45, 2.75) is 0 Å².